The van der Waals surface area contributed by atoms with E-state index in [0.717, 1.165) is 102 Å². The highest BCUT2D eigenvalue weighted by Gasteiger charge is 2.45. The van der Waals surface area contributed by atoms with E-state index in [-0.39, 0.29) is 36.7 Å². The molecular formula is C55H75N9O9S. The normalized spacial score (nSPS) is 27.0. The molecule has 1 unspecified atom stereocenters. The first-order chi connectivity index (χ1) is 35.9. The first-order valence-electron chi connectivity index (χ1n) is 27.2. The van der Waals surface area contributed by atoms with Crippen molar-refractivity contribution in [3.8, 4) is 22.5 Å². The number of rotatable bonds is 13. The molecule has 0 radical (unpaired) electrons. The number of anilines is 1. The van der Waals surface area contributed by atoms with E-state index >= 15 is 4.79 Å². The third-order valence-corrected chi connectivity index (χ3v) is 17.4. The monoisotopic (exact) mass is 1040 g/mol. The maximum absolute atomic E-state index is 15.1. The van der Waals surface area contributed by atoms with E-state index in [9.17, 15) is 9.59 Å². The largest absolute Gasteiger partial charge is 0.464 e. The number of pyridine rings is 1. The van der Waals surface area contributed by atoms with Crippen LogP contribution in [0.25, 0.3) is 33.4 Å². The third-order valence-electron chi connectivity index (χ3n) is 16.5. The van der Waals surface area contributed by atoms with E-state index in [0.29, 0.717) is 83.3 Å². The van der Waals surface area contributed by atoms with Gasteiger partial charge < -0.3 is 43.2 Å². The smallest absolute Gasteiger partial charge is 0.324 e. The fourth-order valence-corrected chi connectivity index (χ4v) is 12.9. The second-order valence-corrected chi connectivity index (χ2v) is 23.1. The molecule has 7 aliphatic rings. The van der Waals surface area contributed by atoms with Gasteiger partial charge in [0.2, 0.25) is 5.91 Å². The number of amides is 2. The third kappa shape index (κ3) is 10.9. The first-order valence-corrected chi connectivity index (χ1v) is 28.1. The number of likely N-dealkylation sites (tertiary alicyclic amines) is 1. The van der Waals surface area contributed by atoms with Gasteiger partial charge in [0.05, 0.1) is 73.1 Å². The summed E-state index contributed by atoms with van der Waals surface area (Å²) < 4.78 is 38.7. The number of thiazole rings is 1. The van der Waals surface area contributed by atoms with Crippen LogP contribution in [0.3, 0.4) is 0 Å². The number of benzene rings is 1. The van der Waals surface area contributed by atoms with Crippen LogP contribution in [-0.4, -0.2) is 177 Å². The van der Waals surface area contributed by atoms with Crippen LogP contribution in [0.15, 0.2) is 35.8 Å². The highest BCUT2D eigenvalue weighted by molar-refractivity contribution is 7.10. The summed E-state index contributed by atoms with van der Waals surface area (Å²) in [5.41, 5.74) is 10.5. The van der Waals surface area contributed by atoms with E-state index in [1.54, 1.807) is 14.2 Å². The van der Waals surface area contributed by atoms with Crippen LogP contribution in [0.5, 0.6) is 0 Å². The Bertz CT molecular complexity index is 2660. The molecule has 11 rings (SSSR count). The highest BCUT2D eigenvalue weighted by atomic mass is 32.1. The molecule has 5 saturated heterocycles. The fourth-order valence-electron chi connectivity index (χ4n) is 11.9. The van der Waals surface area contributed by atoms with Crippen LogP contribution in [-0.2, 0) is 55.8 Å². The molecule has 6 bridgehead atoms. The predicted octanol–water partition coefficient (Wildman–Crippen LogP) is 5.67. The topological polar surface area (TPSA) is 174 Å². The molecule has 2 N–H and O–H groups in total. The van der Waals surface area contributed by atoms with E-state index < -0.39 is 35.6 Å². The van der Waals surface area contributed by atoms with Crippen LogP contribution >= 0.6 is 11.3 Å². The summed E-state index contributed by atoms with van der Waals surface area (Å²) in [6, 6.07) is 7.20. The summed E-state index contributed by atoms with van der Waals surface area (Å²) in [6.07, 6.45) is 8.41. The Labute approximate surface area is 438 Å². The van der Waals surface area contributed by atoms with Gasteiger partial charge in [0, 0.05) is 125 Å². The number of carbonyl (C=O) groups excluding carboxylic acids is 3. The molecule has 6 fully saturated rings. The Balaban J connectivity index is 1.07. The van der Waals surface area contributed by atoms with Gasteiger partial charge in [0.15, 0.2) is 0 Å². The zero-order valence-corrected chi connectivity index (χ0v) is 44.7. The zero-order chi connectivity index (χ0) is 51.1. The molecule has 400 valence electrons. The van der Waals surface area contributed by atoms with E-state index in [2.05, 4.69) is 80.4 Å². The standard InChI is InChI=1S/C55H75N9O9S/c1-34(68-4)47-41(28-37(30-56-47)61-20-18-60(19-21-61)36-9-10-36)49-42-29-55(2,3)33-73-54(67)43-7-6-16-64(59-43)53(66)48(58-51(65)46-15-25-72-46)50(62-17-12-39(31-62)69-5)52-57-44(32-74-52)35-8-11-45(40(42)27-35)63(49)22-26-71-38-13-23-70-24-14-38/h8,11,27-28,30,32,34,36,38-39,43,46,48,50,59H,6-7,9-10,12-26,29,31,33H2,1-5H3,(H,58,65)/t34-,39+,43-,46?,48-,50-/m0/s1. The van der Waals surface area contributed by atoms with Gasteiger partial charge in [-0.15, -0.1) is 11.3 Å². The summed E-state index contributed by atoms with van der Waals surface area (Å²) in [4.78, 5) is 61.3. The van der Waals surface area contributed by atoms with Gasteiger partial charge in [-0.3, -0.25) is 34.2 Å². The minimum absolute atomic E-state index is 0.0534. The number of nitrogens with zero attached hydrogens (tertiary/aromatic N) is 7. The molecule has 1 saturated carbocycles. The summed E-state index contributed by atoms with van der Waals surface area (Å²) in [7, 11) is 3.45. The molecule has 3 aromatic heterocycles. The molecule has 4 aromatic rings. The molecule has 1 aliphatic carbocycles. The van der Waals surface area contributed by atoms with Gasteiger partial charge in [-0.25, -0.2) is 10.4 Å². The van der Waals surface area contributed by atoms with Crippen molar-refractivity contribution in [3.05, 3.63) is 52.1 Å². The molecule has 6 aliphatic heterocycles. The van der Waals surface area contributed by atoms with Crippen LogP contribution in [0.1, 0.15) is 101 Å². The number of nitrogens with one attached hydrogen (secondary N) is 2. The van der Waals surface area contributed by atoms with Gasteiger partial charge >= 0.3 is 5.97 Å². The number of ether oxygens (including phenoxy) is 6. The molecule has 9 heterocycles. The van der Waals surface area contributed by atoms with Crippen molar-refractivity contribution < 1.29 is 42.8 Å². The number of aromatic nitrogens is 3. The van der Waals surface area contributed by atoms with Crippen LogP contribution < -0.4 is 15.6 Å². The average Bonchev–Trinajstić information content (AvgIpc) is 3.83. The number of hydrogen-bond acceptors (Lipinski definition) is 16. The minimum Gasteiger partial charge on any atom is -0.464 e. The lowest BCUT2D eigenvalue weighted by Crippen LogP contribution is -2.63. The predicted molar refractivity (Wildman–Crippen MR) is 281 cm³/mol. The second kappa shape index (κ2) is 22.2. The number of carbonyl (C=O) groups is 3. The maximum Gasteiger partial charge on any atom is 0.324 e. The molecule has 19 heteroatoms. The number of fused-ring (bicyclic) bond motifs is 6. The second-order valence-electron chi connectivity index (χ2n) is 22.2. The number of piperazine rings is 1. The van der Waals surface area contributed by atoms with Crippen molar-refractivity contribution in [1.82, 2.24) is 40.1 Å². The van der Waals surface area contributed by atoms with Crippen molar-refractivity contribution in [2.24, 2.45) is 5.41 Å². The fraction of sp³-hybridized carbons (Fsp3) is 0.655. The number of esters is 1. The molecular weight excluding hydrogens is 963 g/mol. The summed E-state index contributed by atoms with van der Waals surface area (Å²) in [6.45, 7) is 14.9. The molecule has 18 nitrogen and oxygen atoms in total. The van der Waals surface area contributed by atoms with Gasteiger partial charge in [-0.2, -0.15) is 0 Å². The van der Waals surface area contributed by atoms with Crippen molar-refractivity contribution >= 4 is 45.7 Å². The van der Waals surface area contributed by atoms with Crippen LogP contribution in [0, 0.1) is 5.41 Å². The lowest BCUT2D eigenvalue weighted by atomic mass is 9.84. The van der Waals surface area contributed by atoms with E-state index in [4.69, 9.17) is 38.4 Å². The number of hydrogen-bond donors (Lipinski definition) is 2. The van der Waals surface area contributed by atoms with Crippen LogP contribution in [0.2, 0.25) is 0 Å². The van der Waals surface area contributed by atoms with Crippen molar-refractivity contribution in [2.75, 3.05) is 98.0 Å². The lowest BCUT2D eigenvalue weighted by molar-refractivity contribution is -0.157. The van der Waals surface area contributed by atoms with Gasteiger partial charge in [0.25, 0.3) is 5.91 Å². The molecule has 74 heavy (non-hydrogen) atoms. The zero-order valence-electron chi connectivity index (χ0n) is 43.9. The summed E-state index contributed by atoms with van der Waals surface area (Å²) in [5.74, 6) is -1.11. The highest BCUT2D eigenvalue weighted by Crippen LogP contribution is 2.44. The molecule has 6 atom stereocenters. The van der Waals surface area contributed by atoms with Gasteiger partial charge in [-0.05, 0) is 82.1 Å². The lowest BCUT2D eigenvalue weighted by Gasteiger charge is -2.39. The average molecular weight is 1040 g/mol. The van der Waals surface area contributed by atoms with Crippen molar-refractivity contribution in [2.45, 2.75) is 134 Å². The quantitative estimate of drug-likeness (QED) is 0.157. The molecule has 1 aromatic carbocycles. The van der Waals surface area contributed by atoms with Gasteiger partial charge in [-0.1, -0.05) is 19.9 Å². The van der Waals surface area contributed by atoms with E-state index in [1.165, 1.54) is 29.2 Å². The maximum atomic E-state index is 15.1. The Morgan fingerprint density at radius 2 is 1.77 bits per heavy atom. The van der Waals surface area contributed by atoms with Crippen LogP contribution in [0.4, 0.5) is 5.69 Å². The Morgan fingerprint density at radius 1 is 0.959 bits per heavy atom. The SMILES string of the molecule is CO[C@@H]1CCN([C@@H]2c3nc(cs3)-c3ccc4c(c3)c(c(-c3cc(N5CCN(C6CC6)CC5)cnc3[C@H](C)OC)n4CCOC3CCOCC3)CC(C)(C)COC(=O)[C@@H]3CCCN(N3)C(=O)[C@H]2NC(=O)C2CCO2)C1. The number of hydrazine groups is 1. The van der Waals surface area contributed by atoms with Crippen molar-refractivity contribution in [3.63, 3.8) is 0 Å². The Morgan fingerprint density at radius 3 is 2.50 bits per heavy atom. The molecule has 0 spiro atoms. The first kappa shape index (κ1) is 51.5. The Hall–Kier alpha value is -4.57. The van der Waals surface area contributed by atoms with E-state index in [1.807, 2.05) is 6.20 Å². The summed E-state index contributed by atoms with van der Waals surface area (Å²) in [5, 5.41) is 8.48. The number of methoxy groups -OCH3 is 2. The van der Waals surface area contributed by atoms with Gasteiger partial charge in [0.1, 0.15) is 23.2 Å². The molecule has 2 amide bonds. The van der Waals surface area contributed by atoms with Crippen molar-refractivity contribution in [1.29, 1.82) is 0 Å². The number of cyclic esters (lactones) is 1. The minimum atomic E-state index is -1.05. The Kier molecular flexibility index (Phi) is 15.4. The summed E-state index contributed by atoms with van der Waals surface area (Å²) >= 11 is 1.49.